The molecule has 0 aliphatic heterocycles. The molecule has 1 aliphatic rings. The van der Waals surface area contributed by atoms with Crippen LogP contribution in [0.15, 0.2) is 29.1 Å². The lowest BCUT2D eigenvalue weighted by atomic mass is 9.83. The minimum atomic E-state index is -0.261. The maximum atomic E-state index is 12.4. The van der Waals surface area contributed by atoms with Gasteiger partial charge < -0.3 is 10.9 Å². The highest BCUT2D eigenvalue weighted by Gasteiger charge is 2.24. The Morgan fingerprint density at radius 2 is 1.84 bits per heavy atom. The van der Waals surface area contributed by atoms with Crippen LogP contribution in [0.2, 0.25) is 0 Å². The predicted octanol–water partition coefficient (Wildman–Crippen LogP) is 2.47. The Morgan fingerprint density at radius 1 is 1.16 bits per heavy atom. The molecular formula is C15H18N2O2. The molecule has 4 heteroatoms. The first-order valence-electron chi connectivity index (χ1n) is 6.82. The number of pyridine rings is 1. The monoisotopic (exact) mass is 258 g/mol. The fourth-order valence-corrected chi connectivity index (χ4v) is 3.13. The smallest absolute Gasteiger partial charge is 0.276 e. The van der Waals surface area contributed by atoms with Crippen molar-refractivity contribution in [1.82, 2.24) is 4.68 Å². The molecule has 0 unspecified atom stereocenters. The van der Waals surface area contributed by atoms with E-state index in [0.29, 0.717) is 16.5 Å². The highest BCUT2D eigenvalue weighted by Crippen LogP contribution is 2.37. The second kappa shape index (κ2) is 4.61. The van der Waals surface area contributed by atoms with E-state index in [9.17, 15) is 9.90 Å². The summed E-state index contributed by atoms with van der Waals surface area (Å²) in [6.45, 7) is 0. The number of hydrogen-bond donors (Lipinski definition) is 2. The van der Waals surface area contributed by atoms with E-state index < -0.39 is 0 Å². The number of nitrogens with two attached hydrogens (primary N) is 1. The average Bonchev–Trinajstić information content (AvgIpc) is 2.46. The zero-order valence-corrected chi connectivity index (χ0v) is 10.8. The summed E-state index contributed by atoms with van der Waals surface area (Å²) in [7, 11) is 0. The first-order chi connectivity index (χ1) is 9.20. The van der Waals surface area contributed by atoms with Crippen LogP contribution in [0.3, 0.4) is 0 Å². The number of hydrogen-bond acceptors (Lipinski definition) is 3. The fourth-order valence-electron chi connectivity index (χ4n) is 3.13. The van der Waals surface area contributed by atoms with Crippen LogP contribution < -0.4 is 11.4 Å². The first kappa shape index (κ1) is 12.1. The molecule has 100 valence electrons. The molecular weight excluding hydrogens is 240 g/mol. The van der Waals surface area contributed by atoms with Crippen molar-refractivity contribution in [2.75, 3.05) is 5.84 Å². The number of aromatic hydroxyl groups is 1. The van der Waals surface area contributed by atoms with Gasteiger partial charge >= 0.3 is 0 Å². The van der Waals surface area contributed by atoms with Crippen molar-refractivity contribution in [3.63, 3.8) is 0 Å². The third-order valence-corrected chi connectivity index (χ3v) is 4.14. The van der Waals surface area contributed by atoms with Crippen molar-refractivity contribution in [3.05, 3.63) is 40.2 Å². The molecule has 1 heterocycles. The van der Waals surface area contributed by atoms with E-state index in [1.807, 2.05) is 12.1 Å². The normalized spacial score (nSPS) is 16.8. The number of fused-ring (bicyclic) bond motifs is 1. The molecule has 1 fully saturated rings. The second-order valence-corrected chi connectivity index (χ2v) is 5.29. The van der Waals surface area contributed by atoms with Gasteiger partial charge in [-0.15, -0.1) is 0 Å². The van der Waals surface area contributed by atoms with Gasteiger partial charge in [-0.05, 0) is 30.9 Å². The summed E-state index contributed by atoms with van der Waals surface area (Å²) < 4.78 is 1.17. The Morgan fingerprint density at radius 3 is 2.58 bits per heavy atom. The van der Waals surface area contributed by atoms with Gasteiger partial charge in [-0.25, -0.2) is 4.68 Å². The van der Waals surface area contributed by atoms with E-state index >= 15 is 0 Å². The maximum absolute atomic E-state index is 12.4. The SMILES string of the molecule is Nn1c(=O)c(C2CCCCC2)c(O)c2ccccc21. The van der Waals surface area contributed by atoms with E-state index in [-0.39, 0.29) is 17.2 Å². The molecule has 0 radical (unpaired) electrons. The van der Waals surface area contributed by atoms with Gasteiger partial charge in [0, 0.05) is 5.39 Å². The Hall–Kier alpha value is -1.97. The highest BCUT2D eigenvalue weighted by atomic mass is 16.3. The number of nitrogen functional groups attached to an aromatic ring is 1. The number of aromatic nitrogens is 1. The maximum Gasteiger partial charge on any atom is 0.276 e. The highest BCUT2D eigenvalue weighted by molar-refractivity contribution is 5.86. The molecule has 3 N–H and O–H groups in total. The molecule has 1 aliphatic carbocycles. The Kier molecular flexibility index (Phi) is 2.93. The van der Waals surface area contributed by atoms with Gasteiger partial charge in [0.1, 0.15) is 5.75 Å². The van der Waals surface area contributed by atoms with Crippen LogP contribution in [0.4, 0.5) is 0 Å². The number of nitrogens with zero attached hydrogens (tertiary/aromatic N) is 1. The van der Waals surface area contributed by atoms with Crippen LogP contribution >= 0.6 is 0 Å². The summed E-state index contributed by atoms with van der Waals surface area (Å²) in [5.74, 6) is 6.15. The fraction of sp³-hybridized carbons (Fsp3) is 0.400. The summed E-state index contributed by atoms with van der Waals surface area (Å²) >= 11 is 0. The van der Waals surface area contributed by atoms with Crippen LogP contribution in [0, 0.1) is 0 Å². The molecule has 0 atom stereocenters. The van der Waals surface area contributed by atoms with Gasteiger partial charge in [-0.3, -0.25) is 4.79 Å². The third-order valence-electron chi connectivity index (χ3n) is 4.14. The standard InChI is InChI=1S/C15H18N2O2/c16-17-12-9-5-4-8-11(12)14(18)13(15(17)19)10-6-2-1-3-7-10/h4-5,8-10,18H,1-3,6-7,16H2. The minimum absolute atomic E-state index is 0.120. The molecule has 1 aromatic heterocycles. The predicted molar refractivity (Wildman–Crippen MR) is 75.8 cm³/mol. The quantitative estimate of drug-likeness (QED) is 0.772. The lowest BCUT2D eigenvalue weighted by molar-refractivity contribution is 0.412. The van der Waals surface area contributed by atoms with Gasteiger partial charge in [0.05, 0.1) is 11.1 Å². The Bertz CT molecular complexity index is 670. The summed E-state index contributed by atoms with van der Waals surface area (Å²) in [6.07, 6.45) is 5.35. The van der Waals surface area contributed by atoms with E-state index in [4.69, 9.17) is 5.84 Å². The third kappa shape index (κ3) is 1.87. The van der Waals surface area contributed by atoms with Gasteiger partial charge in [-0.1, -0.05) is 31.4 Å². The lowest BCUT2D eigenvalue weighted by Gasteiger charge is -2.23. The van der Waals surface area contributed by atoms with Crippen molar-refractivity contribution in [1.29, 1.82) is 0 Å². The topological polar surface area (TPSA) is 68.2 Å². The van der Waals surface area contributed by atoms with E-state index in [1.165, 1.54) is 11.1 Å². The second-order valence-electron chi connectivity index (χ2n) is 5.29. The summed E-state index contributed by atoms with van der Waals surface area (Å²) in [4.78, 5) is 12.4. The van der Waals surface area contributed by atoms with Crippen LogP contribution in [-0.4, -0.2) is 9.78 Å². The summed E-state index contributed by atoms with van der Waals surface area (Å²) in [5, 5.41) is 11.1. The molecule has 0 bridgehead atoms. The first-order valence-corrected chi connectivity index (χ1v) is 6.82. The van der Waals surface area contributed by atoms with Crippen molar-refractivity contribution in [2.24, 2.45) is 0 Å². The lowest BCUT2D eigenvalue weighted by Crippen LogP contribution is -2.31. The van der Waals surface area contributed by atoms with Gasteiger partial charge in [-0.2, -0.15) is 0 Å². The van der Waals surface area contributed by atoms with E-state index in [0.717, 1.165) is 25.7 Å². The number of benzene rings is 1. The molecule has 0 saturated heterocycles. The molecule has 1 aromatic carbocycles. The van der Waals surface area contributed by atoms with Gasteiger partial charge in [0.2, 0.25) is 0 Å². The number of rotatable bonds is 1. The van der Waals surface area contributed by atoms with Crippen molar-refractivity contribution >= 4 is 10.9 Å². The molecule has 19 heavy (non-hydrogen) atoms. The molecule has 2 aromatic rings. The molecule has 4 nitrogen and oxygen atoms in total. The molecule has 0 spiro atoms. The zero-order chi connectivity index (χ0) is 13.4. The Balaban J connectivity index is 2.27. The largest absolute Gasteiger partial charge is 0.507 e. The summed E-state index contributed by atoms with van der Waals surface area (Å²) in [6, 6.07) is 7.21. The van der Waals surface area contributed by atoms with Crippen molar-refractivity contribution in [2.45, 2.75) is 38.0 Å². The molecule has 3 rings (SSSR count). The van der Waals surface area contributed by atoms with E-state index in [2.05, 4.69) is 0 Å². The zero-order valence-electron chi connectivity index (χ0n) is 10.8. The van der Waals surface area contributed by atoms with Crippen LogP contribution in [0.1, 0.15) is 43.6 Å². The minimum Gasteiger partial charge on any atom is -0.507 e. The molecule has 0 amide bonds. The van der Waals surface area contributed by atoms with Gasteiger partial charge in [0.15, 0.2) is 0 Å². The van der Waals surface area contributed by atoms with Gasteiger partial charge in [0.25, 0.3) is 5.56 Å². The van der Waals surface area contributed by atoms with E-state index in [1.54, 1.807) is 12.1 Å². The van der Waals surface area contributed by atoms with Crippen LogP contribution in [-0.2, 0) is 0 Å². The Labute approximate surface area is 111 Å². The number of para-hydroxylation sites is 1. The summed E-state index contributed by atoms with van der Waals surface area (Å²) in [5.41, 5.74) is 0.813. The van der Waals surface area contributed by atoms with Crippen LogP contribution in [0.5, 0.6) is 5.75 Å². The average molecular weight is 258 g/mol. The van der Waals surface area contributed by atoms with Crippen molar-refractivity contribution in [3.8, 4) is 5.75 Å². The molecule has 1 saturated carbocycles. The van der Waals surface area contributed by atoms with Crippen LogP contribution in [0.25, 0.3) is 10.9 Å². The van der Waals surface area contributed by atoms with Crippen molar-refractivity contribution < 1.29 is 5.11 Å².